The minimum atomic E-state index is -0.800. The highest BCUT2D eigenvalue weighted by Crippen LogP contribution is 2.18. The molecule has 0 heterocycles. The molecule has 3 unspecified atom stereocenters. The third-order valence-corrected chi connectivity index (χ3v) is 13.6. The number of rotatable bonds is 54. The Hall–Kier alpha value is -2.44. The second kappa shape index (κ2) is 56.5. The molecule has 0 aliphatic heterocycles. The van der Waals surface area contributed by atoms with Gasteiger partial charge in [0.2, 0.25) is 5.91 Å². The van der Waals surface area contributed by atoms with Gasteiger partial charge in [-0.15, -0.1) is 0 Å². The zero-order chi connectivity index (χ0) is 50.2. The molecule has 0 aromatic carbocycles. The van der Waals surface area contributed by atoms with Gasteiger partial charge in [-0.1, -0.05) is 261 Å². The number of aliphatic hydroxyl groups excluding tert-OH is 2. The predicted molar refractivity (Wildman–Crippen MR) is 301 cm³/mol. The summed E-state index contributed by atoms with van der Waals surface area (Å²) in [6.45, 7) is 6.47. The molecule has 6 nitrogen and oxygen atoms in total. The van der Waals surface area contributed by atoms with Crippen molar-refractivity contribution >= 4 is 11.9 Å². The molecule has 402 valence electrons. The molecule has 0 radical (unpaired) electrons. The lowest BCUT2D eigenvalue weighted by atomic mass is 10.0. The zero-order valence-electron chi connectivity index (χ0n) is 45.9. The van der Waals surface area contributed by atoms with Crippen molar-refractivity contribution in [2.24, 2.45) is 0 Å². The molecule has 3 N–H and O–H groups in total. The van der Waals surface area contributed by atoms with E-state index in [1.54, 1.807) is 0 Å². The van der Waals surface area contributed by atoms with Crippen LogP contribution >= 0.6 is 0 Å². The maximum absolute atomic E-state index is 13.3. The van der Waals surface area contributed by atoms with E-state index in [1.165, 1.54) is 186 Å². The number of carbonyl (C=O) groups is 2. The van der Waals surface area contributed by atoms with Gasteiger partial charge in [0.15, 0.2) is 0 Å². The van der Waals surface area contributed by atoms with E-state index < -0.39 is 18.2 Å². The van der Waals surface area contributed by atoms with Gasteiger partial charge >= 0.3 is 5.97 Å². The normalized spacial score (nSPS) is 13.5. The van der Waals surface area contributed by atoms with E-state index in [1.807, 2.05) is 0 Å². The lowest BCUT2D eigenvalue weighted by Crippen LogP contribution is -2.46. The monoisotopic (exact) mass is 966 g/mol. The van der Waals surface area contributed by atoms with Crippen LogP contribution in [-0.4, -0.2) is 46.9 Å². The minimum absolute atomic E-state index is 0.0531. The Balaban J connectivity index is 4.63. The summed E-state index contributed by atoms with van der Waals surface area (Å²) in [4.78, 5) is 26.3. The van der Waals surface area contributed by atoms with Crippen LogP contribution in [0.4, 0.5) is 0 Å². The van der Waals surface area contributed by atoms with Crippen LogP contribution in [0.2, 0.25) is 0 Å². The highest BCUT2D eigenvalue weighted by atomic mass is 16.5. The number of hydrogen-bond acceptors (Lipinski definition) is 5. The predicted octanol–water partition coefficient (Wildman–Crippen LogP) is 18.7. The van der Waals surface area contributed by atoms with Gasteiger partial charge in [0.25, 0.3) is 0 Å². The van der Waals surface area contributed by atoms with Gasteiger partial charge in [0.05, 0.1) is 25.2 Å². The molecule has 0 saturated carbocycles. The van der Waals surface area contributed by atoms with Crippen molar-refractivity contribution in [1.29, 1.82) is 0 Å². The van der Waals surface area contributed by atoms with Crippen LogP contribution in [0.5, 0.6) is 0 Å². The molecule has 0 saturated heterocycles. The van der Waals surface area contributed by atoms with E-state index in [2.05, 4.69) is 86.8 Å². The van der Waals surface area contributed by atoms with Crippen molar-refractivity contribution < 1.29 is 24.5 Å². The number of nitrogens with one attached hydrogen (secondary N) is 1. The molecule has 69 heavy (non-hydrogen) atoms. The van der Waals surface area contributed by atoms with Crippen molar-refractivity contribution in [3.05, 3.63) is 60.8 Å². The van der Waals surface area contributed by atoms with E-state index in [0.717, 1.165) is 64.2 Å². The van der Waals surface area contributed by atoms with Crippen molar-refractivity contribution in [1.82, 2.24) is 5.32 Å². The van der Waals surface area contributed by atoms with Crippen molar-refractivity contribution in [2.45, 2.75) is 322 Å². The van der Waals surface area contributed by atoms with Gasteiger partial charge in [-0.05, 0) is 89.9 Å². The molecule has 6 heteroatoms. The summed E-state index contributed by atoms with van der Waals surface area (Å²) >= 11 is 0. The summed E-state index contributed by atoms with van der Waals surface area (Å²) in [5, 5.41) is 23.9. The molecule has 0 spiro atoms. The number of hydrogen-bond donors (Lipinski definition) is 3. The second-order valence-corrected chi connectivity index (χ2v) is 20.4. The first kappa shape index (κ1) is 66.6. The lowest BCUT2D eigenvalue weighted by molar-refractivity contribution is -0.151. The molecule has 1 amide bonds. The standard InChI is InChI=1S/C63H115NO5/c1-4-7-10-13-16-19-22-25-28-31-33-36-39-42-45-48-51-54-59(69-63(68)56-53-50-47-44-41-38-35-32-29-26-23-20-17-14-11-8-5-2)57-62(67)64-60(58-65)61(66)55-52-49-46-43-40-37-34-30-27-24-21-18-15-12-9-6-3/h17,20,25-26,28-29,35,38,44,47,59-61,65-66H,4-16,18-19,21-24,27,30-34,36-37,39-43,45-46,48-58H2,1-3H3,(H,64,67)/b20-17-,28-25+,29-26-,38-35-,47-44-. The highest BCUT2D eigenvalue weighted by molar-refractivity contribution is 5.77. The van der Waals surface area contributed by atoms with Gasteiger partial charge in [0.1, 0.15) is 6.10 Å². The average Bonchev–Trinajstić information content (AvgIpc) is 3.34. The Morgan fingerprint density at radius 2 is 0.739 bits per heavy atom. The summed E-state index contributed by atoms with van der Waals surface area (Å²) in [6.07, 6.45) is 71.5. The Bertz CT molecular complexity index is 1220. The molecule has 0 aromatic heterocycles. The fraction of sp³-hybridized carbons (Fsp3) is 0.810. The van der Waals surface area contributed by atoms with Crippen LogP contribution < -0.4 is 5.32 Å². The number of allylic oxidation sites excluding steroid dienone is 10. The second-order valence-electron chi connectivity index (χ2n) is 20.4. The summed E-state index contributed by atoms with van der Waals surface area (Å²) in [5.74, 6) is -0.535. The van der Waals surface area contributed by atoms with Crippen LogP contribution in [0.1, 0.15) is 303 Å². The fourth-order valence-corrected chi connectivity index (χ4v) is 9.01. The Kier molecular flexibility index (Phi) is 54.5. The van der Waals surface area contributed by atoms with Gasteiger partial charge < -0.3 is 20.3 Å². The van der Waals surface area contributed by atoms with Crippen molar-refractivity contribution in [2.75, 3.05) is 6.61 Å². The average molecular weight is 967 g/mol. The van der Waals surface area contributed by atoms with Gasteiger partial charge in [-0.2, -0.15) is 0 Å². The van der Waals surface area contributed by atoms with Crippen LogP contribution in [0, 0.1) is 0 Å². The van der Waals surface area contributed by atoms with Crippen molar-refractivity contribution in [3.63, 3.8) is 0 Å². The number of esters is 1. The first-order valence-electron chi connectivity index (χ1n) is 30.0. The van der Waals surface area contributed by atoms with E-state index >= 15 is 0 Å². The van der Waals surface area contributed by atoms with Crippen LogP contribution in [0.25, 0.3) is 0 Å². The molecule has 3 atom stereocenters. The Morgan fingerprint density at radius 3 is 1.16 bits per heavy atom. The Morgan fingerprint density at radius 1 is 0.420 bits per heavy atom. The number of ether oxygens (including phenoxy) is 1. The quantitative estimate of drug-likeness (QED) is 0.0321. The maximum Gasteiger partial charge on any atom is 0.306 e. The molecule has 0 aliphatic rings. The van der Waals surface area contributed by atoms with E-state index in [4.69, 9.17) is 4.74 Å². The molecular weight excluding hydrogens is 851 g/mol. The molecule has 0 aliphatic carbocycles. The Labute approximate surface area is 428 Å². The lowest BCUT2D eigenvalue weighted by Gasteiger charge is -2.24. The number of unbranched alkanes of at least 4 members (excludes halogenated alkanes) is 32. The maximum atomic E-state index is 13.3. The smallest absolute Gasteiger partial charge is 0.306 e. The summed E-state index contributed by atoms with van der Waals surface area (Å²) < 4.78 is 5.94. The number of amides is 1. The summed E-state index contributed by atoms with van der Waals surface area (Å²) in [5.41, 5.74) is 0. The first-order valence-corrected chi connectivity index (χ1v) is 30.0. The summed E-state index contributed by atoms with van der Waals surface area (Å²) in [6, 6.07) is -0.716. The summed E-state index contributed by atoms with van der Waals surface area (Å²) in [7, 11) is 0. The van der Waals surface area contributed by atoms with Crippen LogP contribution in [0.15, 0.2) is 60.8 Å². The third kappa shape index (κ3) is 51.7. The topological polar surface area (TPSA) is 95.9 Å². The molecular formula is C63H115NO5. The van der Waals surface area contributed by atoms with Gasteiger partial charge in [-0.25, -0.2) is 0 Å². The van der Waals surface area contributed by atoms with Gasteiger partial charge in [0, 0.05) is 6.42 Å². The van der Waals surface area contributed by atoms with E-state index in [-0.39, 0.29) is 24.9 Å². The molecule has 0 fully saturated rings. The highest BCUT2D eigenvalue weighted by Gasteiger charge is 2.24. The third-order valence-electron chi connectivity index (χ3n) is 13.6. The molecule has 0 aromatic rings. The fourth-order valence-electron chi connectivity index (χ4n) is 9.01. The van der Waals surface area contributed by atoms with Crippen molar-refractivity contribution in [3.8, 4) is 0 Å². The minimum Gasteiger partial charge on any atom is -0.462 e. The molecule has 0 bridgehead atoms. The number of carbonyl (C=O) groups excluding carboxylic acids is 2. The van der Waals surface area contributed by atoms with Crippen LogP contribution in [0.3, 0.4) is 0 Å². The first-order chi connectivity index (χ1) is 34.0. The number of aliphatic hydroxyl groups is 2. The van der Waals surface area contributed by atoms with Crippen LogP contribution in [-0.2, 0) is 14.3 Å². The SMILES string of the molecule is CCCCC/C=C\C/C=C\C/C=C\C/C=C\CCCC(=O)OC(CCCCCCCCC/C=C/CCCCCCCC)CC(=O)NC(CO)C(O)CCCCCCCCCCCCCCCCCC. The zero-order valence-corrected chi connectivity index (χ0v) is 45.9. The largest absolute Gasteiger partial charge is 0.462 e. The van der Waals surface area contributed by atoms with Gasteiger partial charge in [-0.3, -0.25) is 9.59 Å². The van der Waals surface area contributed by atoms with E-state index in [9.17, 15) is 19.8 Å². The molecule has 0 rings (SSSR count). The van der Waals surface area contributed by atoms with E-state index in [0.29, 0.717) is 25.7 Å².